The summed E-state index contributed by atoms with van der Waals surface area (Å²) in [7, 11) is 0. The lowest BCUT2D eigenvalue weighted by molar-refractivity contribution is -0.383. The molecule has 0 aliphatic heterocycles. The van der Waals surface area contributed by atoms with Gasteiger partial charge in [0.15, 0.2) is 11.0 Å². The molecule has 1 heterocycles. The maximum Gasteiger partial charge on any atom is 0.292 e. The summed E-state index contributed by atoms with van der Waals surface area (Å²) in [5, 5.41) is 22.3. The number of thioether (sulfide) groups is 1. The fourth-order valence-corrected chi connectivity index (χ4v) is 3.41. The van der Waals surface area contributed by atoms with Crippen LogP contribution < -0.4 is 10.1 Å². The minimum atomic E-state index is -0.552. The van der Waals surface area contributed by atoms with Crippen molar-refractivity contribution in [1.82, 2.24) is 14.8 Å². The highest BCUT2D eigenvalue weighted by atomic mass is 32.2. The van der Waals surface area contributed by atoms with Gasteiger partial charge in [0.2, 0.25) is 5.91 Å². The van der Waals surface area contributed by atoms with Crippen molar-refractivity contribution >= 4 is 29.0 Å². The lowest BCUT2D eigenvalue weighted by Gasteiger charge is -2.09. The average molecular weight is 431 g/mol. The summed E-state index contributed by atoms with van der Waals surface area (Å²) in [5.74, 6) is 0.313. The quantitative estimate of drug-likeness (QED) is 0.313. The summed E-state index contributed by atoms with van der Waals surface area (Å²) < 4.78 is 20.4. The number of hydrogen-bond acceptors (Lipinski definition) is 7. The van der Waals surface area contributed by atoms with Crippen LogP contribution in [0.1, 0.15) is 12.7 Å². The Balaban J connectivity index is 1.60. The van der Waals surface area contributed by atoms with E-state index >= 15 is 0 Å². The molecule has 11 heteroatoms. The number of hydrogen-bond donors (Lipinski definition) is 1. The van der Waals surface area contributed by atoms with Crippen LogP contribution in [0.15, 0.2) is 53.7 Å². The van der Waals surface area contributed by atoms with Gasteiger partial charge in [-0.1, -0.05) is 23.9 Å². The van der Waals surface area contributed by atoms with Gasteiger partial charge in [0.1, 0.15) is 23.9 Å². The maximum absolute atomic E-state index is 13.0. The van der Waals surface area contributed by atoms with Crippen molar-refractivity contribution in [3.8, 4) is 5.75 Å². The van der Waals surface area contributed by atoms with E-state index in [0.717, 1.165) is 11.8 Å². The van der Waals surface area contributed by atoms with Crippen molar-refractivity contribution in [2.75, 3.05) is 11.1 Å². The molecule has 30 heavy (non-hydrogen) atoms. The highest BCUT2D eigenvalue weighted by Gasteiger charge is 2.17. The molecule has 0 atom stereocenters. The second-order valence-electron chi connectivity index (χ2n) is 6.00. The van der Waals surface area contributed by atoms with E-state index < -0.39 is 10.8 Å². The zero-order valence-electron chi connectivity index (χ0n) is 15.9. The van der Waals surface area contributed by atoms with Gasteiger partial charge in [-0.25, -0.2) is 4.39 Å². The topological polar surface area (TPSA) is 112 Å². The van der Waals surface area contributed by atoms with E-state index in [2.05, 4.69) is 15.5 Å². The number of aromatic nitrogens is 3. The Morgan fingerprint density at radius 1 is 1.23 bits per heavy atom. The summed E-state index contributed by atoms with van der Waals surface area (Å²) in [6, 6.07) is 11.6. The fraction of sp³-hybridized carbons (Fsp3) is 0.211. The minimum Gasteiger partial charge on any atom is -0.486 e. The third kappa shape index (κ3) is 5.32. The number of anilines is 1. The number of nitro groups is 1. The van der Waals surface area contributed by atoms with Crippen LogP contribution in [0.3, 0.4) is 0 Å². The summed E-state index contributed by atoms with van der Waals surface area (Å²) in [4.78, 5) is 22.7. The van der Waals surface area contributed by atoms with Crippen LogP contribution in [0.5, 0.6) is 5.75 Å². The number of para-hydroxylation sites is 2. The van der Waals surface area contributed by atoms with Crippen molar-refractivity contribution in [1.29, 1.82) is 0 Å². The molecular weight excluding hydrogens is 413 g/mol. The first-order valence-corrected chi connectivity index (χ1v) is 9.93. The molecule has 0 unspecified atom stereocenters. The largest absolute Gasteiger partial charge is 0.486 e. The normalized spacial score (nSPS) is 10.6. The number of nitro benzene ring substituents is 1. The number of carbonyl (C=O) groups excluding carboxylic acids is 1. The number of benzene rings is 2. The zero-order valence-corrected chi connectivity index (χ0v) is 16.8. The van der Waals surface area contributed by atoms with Gasteiger partial charge >= 0.3 is 0 Å². The lowest BCUT2D eigenvalue weighted by atomic mass is 10.2. The first-order chi connectivity index (χ1) is 14.5. The van der Waals surface area contributed by atoms with Crippen LogP contribution in [0.2, 0.25) is 0 Å². The van der Waals surface area contributed by atoms with Crippen molar-refractivity contribution in [3.63, 3.8) is 0 Å². The third-order valence-corrected chi connectivity index (χ3v) is 4.97. The molecule has 1 N–H and O–H groups in total. The second-order valence-corrected chi connectivity index (χ2v) is 6.94. The first kappa shape index (κ1) is 21.2. The van der Waals surface area contributed by atoms with Gasteiger partial charge in [0.05, 0.1) is 10.7 Å². The molecule has 156 valence electrons. The van der Waals surface area contributed by atoms with Crippen molar-refractivity contribution in [2.45, 2.75) is 25.2 Å². The van der Waals surface area contributed by atoms with E-state index in [0.29, 0.717) is 23.3 Å². The smallest absolute Gasteiger partial charge is 0.292 e. The minimum absolute atomic E-state index is 0.00298. The Labute approximate surface area is 175 Å². The van der Waals surface area contributed by atoms with Crippen LogP contribution in [-0.4, -0.2) is 31.3 Å². The lowest BCUT2D eigenvalue weighted by Crippen LogP contribution is -2.15. The highest BCUT2D eigenvalue weighted by Crippen LogP contribution is 2.24. The molecule has 0 aliphatic rings. The van der Waals surface area contributed by atoms with Crippen molar-refractivity contribution in [3.05, 3.63) is 70.3 Å². The molecule has 0 saturated carbocycles. The number of carbonyl (C=O) groups is 1. The van der Waals surface area contributed by atoms with E-state index in [1.165, 1.54) is 42.5 Å². The van der Waals surface area contributed by atoms with Crippen molar-refractivity contribution in [2.24, 2.45) is 0 Å². The monoisotopic (exact) mass is 431 g/mol. The Hall–Kier alpha value is -3.47. The van der Waals surface area contributed by atoms with E-state index in [9.17, 15) is 19.3 Å². The summed E-state index contributed by atoms with van der Waals surface area (Å²) >= 11 is 1.16. The van der Waals surface area contributed by atoms with Crippen LogP contribution in [0, 0.1) is 15.9 Å². The number of nitrogens with one attached hydrogen (secondary N) is 1. The van der Waals surface area contributed by atoms with E-state index in [-0.39, 0.29) is 29.6 Å². The van der Waals surface area contributed by atoms with Gasteiger partial charge in [-0.15, -0.1) is 10.2 Å². The number of nitrogens with zero attached hydrogens (tertiary/aromatic N) is 4. The van der Waals surface area contributed by atoms with Crippen LogP contribution in [0.25, 0.3) is 0 Å². The van der Waals surface area contributed by atoms with E-state index in [1.54, 1.807) is 10.6 Å². The average Bonchev–Trinajstić information content (AvgIpc) is 3.14. The van der Waals surface area contributed by atoms with Gasteiger partial charge in [-0.3, -0.25) is 14.9 Å². The molecule has 2 aromatic carbocycles. The van der Waals surface area contributed by atoms with Gasteiger partial charge in [-0.05, 0) is 37.3 Å². The van der Waals surface area contributed by atoms with E-state index in [1.807, 2.05) is 6.92 Å². The number of ether oxygens (including phenoxy) is 1. The zero-order chi connectivity index (χ0) is 21.5. The van der Waals surface area contributed by atoms with Gasteiger partial charge in [-0.2, -0.15) is 0 Å². The number of halogens is 1. The van der Waals surface area contributed by atoms with E-state index in [4.69, 9.17) is 4.74 Å². The molecule has 9 nitrogen and oxygen atoms in total. The predicted octanol–water partition coefficient (Wildman–Crippen LogP) is 3.66. The van der Waals surface area contributed by atoms with Crippen molar-refractivity contribution < 1.29 is 18.8 Å². The van der Waals surface area contributed by atoms with Crippen LogP contribution in [0.4, 0.5) is 15.8 Å². The van der Waals surface area contributed by atoms with Crippen LogP contribution >= 0.6 is 11.8 Å². The Morgan fingerprint density at radius 3 is 2.67 bits per heavy atom. The van der Waals surface area contributed by atoms with Gasteiger partial charge in [0, 0.05) is 12.6 Å². The Bertz CT molecular complexity index is 1040. The SMILES string of the molecule is CCn1c(COc2ccc(F)cc2)nnc1SCC(=O)Nc1ccccc1[N+](=O)[O-]. The first-order valence-electron chi connectivity index (χ1n) is 8.94. The molecule has 0 radical (unpaired) electrons. The molecule has 1 aromatic heterocycles. The molecule has 3 aromatic rings. The maximum atomic E-state index is 13.0. The van der Waals surface area contributed by atoms with Crippen LogP contribution in [-0.2, 0) is 17.9 Å². The molecule has 0 aliphatic carbocycles. The summed E-state index contributed by atoms with van der Waals surface area (Å²) in [6.45, 7) is 2.60. The predicted molar refractivity (Wildman–Crippen MR) is 109 cm³/mol. The third-order valence-electron chi connectivity index (χ3n) is 4.00. The van der Waals surface area contributed by atoms with Gasteiger partial charge < -0.3 is 14.6 Å². The molecule has 0 saturated heterocycles. The second kappa shape index (κ2) is 9.83. The van der Waals surface area contributed by atoms with Gasteiger partial charge in [0.25, 0.3) is 5.69 Å². The molecular formula is C19H18FN5O4S. The molecule has 0 fully saturated rings. The molecule has 0 bridgehead atoms. The molecule has 0 spiro atoms. The number of amides is 1. The fourth-order valence-electron chi connectivity index (χ4n) is 2.58. The molecule has 3 rings (SSSR count). The highest BCUT2D eigenvalue weighted by molar-refractivity contribution is 7.99. The molecule has 1 amide bonds. The number of rotatable bonds is 9. The summed E-state index contributed by atoms with van der Waals surface area (Å²) in [5.41, 5.74) is -0.0359. The Kier molecular flexibility index (Phi) is 6.96. The Morgan fingerprint density at radius 2 is 1.97 bits per heavy atom. The standard InChI is InChI=1S/C19H18FN5O4S/c1-2-24-17(11-29-14-9-7-13(20)8-10-14)22-23-19(24)30-12-18(26)21-15-5-3-4-6-16(15)25(27)28/h3-10H,2,11-12H2,1H3,(H,21,26). The summed E-state index contributed by atoms with van der Waals surface area (Å²) in [6.07, 6.45) is 0.